The van der Waals surface area contributed by atoms with E-state index in [0.717, 1.165) is 20.3 Å². The molecule has 1 atom stereocenters. The molecule has 0 fully saturated rings. The van der Waals surface area contributed by atoms with Crippen LogP contribution in [0.25, 0.3) is 0 Å². The lowest BCUT2D eigenvalue weighted by molar-refractivity contribution is 0.462. The van der Waals surface area contributed by atoms with E-state index in [0.29, 0.717) is 0 Å². The molecule has 2 rings (SSSR count). The summed E-state index contributed by atoms with van der Waals surface area (Å²) in [5, 5.41) is 3.26. The first-order valence-corrected chi connectivity index (χ1v) is 6.88. The first kappa shape index (κ1) is 12.9. The number of hydrogen-bond acceptors (Lipinski definition) is 2. The molecule has 1 unspecified atom stereocenters. The number of aryl methyl sites for hydroxylation is 1. The maximum absolute atomic E-state index is 5.47. The molecule has 2 nitrogen and oxygen atoms in total. The van der Waals surface area contributed by atoms with Crippen LogP contribution in [0.3, 0.4) is 0 Å². The van der Waals surface area contributed by atoms with Gasteiger partial charge in [0, 0.05) is 8.95 Å². The van der Waals surface area contributed by atoms with Crippen LogP contribution in [0.1, 0.15) is 22.9 Å². The fourth-order valence-corrected chi connectivity index (χ4v) is 2.84. The molecule has 0 aliphatic carbocycles. The second kappa shape index (κ2) is 5.38. The third-order valence-electron chi connectivity index (χ3n) is 2.71. The van der Waals surface area contributed by atoms with Gasteiger partial charge in [0.15, 0.2) is 0 Å². The van der Waals surface area contributed by atoms with Crippen LogP contribution in [0, 0.1) is 6.92 Å². The molecule has 1 N–H and O–H groups in total. The van der Waals surface area contributed by atoms with E-state index in [1.54, 1.807) is 6.26 Å². The minimum absolute atomic E-state index is 0.0521. The zero-order valence-corrected chi connectivity index (χ0v) is 12.8. The number of rotatable bonds is 3. The molecule has 0 aliphatic rings. The Morgan fingerprint density at radius 1 is 1.24 bits per heavy atom. The Morgan fingerprint density at radius 3 is 2.59 bits per heavy atom. The summed E-state index contributed by atoms with van der Waals surface area (Å²) in [6.45, 7) is 2.07. The topological polar surface area (TPSA) is 25.2 Å². The Kier molecular flexibility index (Phi) is 4.07. The molecule has 0 spiro atoms. The van der Waals surface area contributed by atoms with Crippen LogP contribution >= 0.6 is 31.9 Å². The van der Waals surface area contributed by atoms with Crippen molar-refractivity contribution in [2.75, 3.05) is 7.05 Å². The van der Waals surface area contributed by atoms with Gasteiger partial charge < -0.3 is 9.73 Å². The quantitative estimate of drug-likeness (QED) is 0.878. The molecule has 1 aromatic carbocycles. The monoisotopic (exact) mass is 357 g/mol. The second-order valence-electron chi connectivity index (χ2n) is 3.86. The Bertz CT molecular complexity index is 508. The molecule has 0 aliphatic heterocycles. The van der Waals surface area contributed by atoms with E-state index in [4.69, 9.17) is 4.42 Å². The van der Waals surface area contributed by atoms with Crippen molar-refractivity contribution in [2.45, 2.75) is 13.0 Å². The third-order valence-corrected chi connectivity index (χ3v) is 4.25. The van der Waals surface area contributed by atoms with Gasteiger partial charge in [-0.3, -0.25) is 0 Å². The molecule has 0 radical (unpaired) electrons. The predicted molar refractivity (Wildman–Crippen MR) is 76.2 cm³/mol. The minimum Gasteiger partial charge on any atom is -0.467 e. The van der Waals surface area contributed by atoms with Gasteiger partial charge in [-0.25, -0.2) is 0 Å². The van der Waals surface area contributed by atoms with Gasteiger partial charge in [0.2, 0.25) is 0 Å². The van der Waals surface area contributed by atoms with Crippen molar-refractivity contribution in [3.05, 3.63) is 56.4 Å². The maximum atomic E-state index is 5.47. The van der Waals surface area contributed by atoms with Crippen LogP contribution in [-0.4, -0.2) is 7.05 Å². The van der Waals surface area contributed by atoms with Gasteiger partial charge in [0.05, 0.1) is 12.3 Å². The summed E-state index contributed by atoms with van der Waals surface area (Å²) >= 11 is 7.17. The van der Waals surface area contributed by atoms with E-state index in [1.807, 2.05) is 19.2 Å². The standard InChI is InChI=1S/C13H13Br2NO/c1-8-6-11(15)9(7-10(8)14)13(16-2)12-4-3-5-17-12/h3-7,13,16H,1-2H3. The number of halogens is 2. The highest BCUT2D eigenvalue weighted by atomic mass is 79.9. The zero-order chi connectivity index (χ0) is 12.4. The van der Waals surface area contributed by atoms with E-state index in [-0.39, 0.29) is 6.04 Å². The molecular formula is C13H13Br2NO. The molecule has 4 heteroatoms. The lowest BCUT2D eigenvalue weighted by Crippen LogP contribution is -2.17. The Balaban J connectivity index is 2.48. The molecule has 0 bridgehead atoms. The van der Waals surface area contributed by atoms with Crippen LogP contribution in [0.15, 0.2) is 43.9 Å². The molecule has 17 heavy (non-hydrogen) atoms. The average Bonchev–Trinajstić information content (AvgIpc) is 2.80. The van der Waals surface area contributed by atoms with Crippen molar-refractivity contribution in [1.29, 1.82) is 0 Å². The summed E-state index contributed by atoms with van der Waals surface area (Å²) < 4.78 is 7.64. The molecule has 0 amide bonds. The molecule has 0 saturated carbocycles. The molecule has 90 valence electrons. The summed E-state index contributed by atoms with van der Waals surface area (Å²) in [7, 11) is 1.92. The summed E-state index contributed by atoms with van der Waals surface area (Å²) in [5.74, 6) is 0.906. The van der Waals surface area contributed by atoms with Crippen LogP contribution in [0.2, 0.25) is 0 Å². The zero-order valence-electron chi connectivity index (χ0n) is 9.63. The van der Waals surface area contributed by atoms with Gasteiger partial charge in [-0.05, 0) is 49.4 Å². The van der Waals surface area contributed by atoms with Gasteiger partial charge in [-0.1, -0.05) is 31.9 Å². The maximum Gasteiger partial charge on any atom is 0.125 e. The fraction of sp³-hybridized carbons (Fsp3) is 0.231. The van der Waals surface area contributed by atoms with Crippen LogP contribution < -0.4 is 5.32 Å². The van der Waals surface area contributed by atoms with Crippen molar-refractivity contribution in [1.82, 2.24) is 5.32 Å². The highest BCUT2D eigenvalue weighted by Gasteiger charge is 2.18. The van der Waals surface area contributed by atoms with Crippen LogP contribution in [0.4, 0.5) is 0 Å². The first-order valence-electron chi connectivity index (χ1n) is 5.29. The van der Waals surface area contributed by atoms with Crippen molar-refractivity contribution < 1.29 is 4.42 Å². The van der Waals surface area contributed by atoms with E-state index in [2.05, 4.69) is 56.2 Å². The van der Waals surface area contributed by atoms with Gasteiger partial charge in [-0.2, -0.15) is 0 Å². The highest BCUT2D eigenvalue weighted by Crippen LogP contribution is 2.32. The SMILES string of the molecule is CNC(c1ccco1)c1cc(Br)c(C)cc1Br. The fourth-order valence-electron chi connectivity index (χ4n) is 1.79. The van der Waals surface area contributed by atoms with Crippen LogP contribution in [0.5, 0.6) is 0 Å². The number of furan rings is 1. The smallest absolute Gasteiger partial charge is 0.125 e. The Labute approximate surface area is 118 Å². The Morgan fingerprint density at radius 2 is 2.00 bits per heavy atom. The van der Waals surface area contributed by atoms with Crippen molar-refractivity contribution >= 4 is 31.9 Å². The Hall–Kier alpha value is -0.580. The average molecular weight is 359 g/mol. The van der Waals surface area contributed by atoms with Crippen molar-refractivity contribution in [3.8, 4) is 0 Å². The number of nitrogens with one attached hydrogen (secondary N) is 1. The second-order valence-corrected chi connectivity index (χ2v) is 5.57. The van der Waals surface area contributed by atoms with E-state index < -0.39 is 0 Å². The van der Waals surface area contributed by atoms with E-state index in [1.165, 1.54) is 5.56 Å². The minimum atomic E-state index is 0.0521. The van der Waals surface area contributed by atoms with Gasteiger partial charge >= 0.3 is 0 Å². The molecule has 2 aromatic rings. The van der Waals surface area contributed by atoms with Crippen molar-refractivity contribution in [3.63, 3.8) is 0 Å². The van der Waals surface area contributed by atoms with E-state index in [9.17, 15) is 0 Å². The first-order chi connectivity index (χ1) is 8.13. The normalized spacial score (nSPS) is 12.7. The highest BCUT2D eigenvalue weighted by molar-refractivity contribution is 9.11. The van der Waals surface area contributed by atoms with Gasteiger partial charge in [0.1, 0.15) is 5.76 Å². The predicted octanol–water partition coefficient (Wildman–Crippen LogP) is 4.42. The molecular weight excluding hydrogens is 346 g/mol. The summed E-state index contributed by atoms with van der Waals surface area (Å²) in [6.07, 6.45) is 1.69. The van der Waals surface area contributed by atoms with Gasteiger partial charge in [-0.15, -0.1) is 0 Å². The summed E-state index contributed by atoms with van der Waals surface area (Å²) in [6, 6.07) is 8.14. The third kappa shape index (κ3) is 2.64. The van der Waals surface area contributed by atoms with Crippen LogP contribution in [-0.2, 0) is 0 Å². The molecule has 0 saturated heterocycles. The lowest BCUT2D eigenvalue weighted by Gasteiger charge is -2.17. The van der Waals surface area contributed by atoms with Gasteiger partial charge in [0.25, 0.3) is 0 Å². The molecule has 1 heterocycles. The number of hydrogen-bond donors (Lipinski definition) is 1. The largest absolute Gasteiger partial charge is 0.467 e. The summed E-state index contributed by atoms with van der Waals surface area (Å²) in [5.41, 5.74) is 2.36. The lowest BCUT2D eigenvalue weighted by atomic mass is 10.0. The summed E-state index contributed by atoms with van der Waals surface area (Å²) in [4.78, 5) is 0. The van der Waals surface area contributed by atoms with E-state index >= 15 is 0 Å². The number of benzene rings is 1. The molecule has 1 aromatic heterocycles. The van der Waals surface area contributed by atoms with Crippen molar-refractivity contribution in [2.24, 2.45) is 0 Å².